The lowest BCUT2D eigenvalue weighted by Gasteiger charge is -2.28. The second-order valence-corrected chi connectivity index (χ2v) is 14.5. The van der Waals surface area contributed by atoms with Gasteiger partial charge in [-0.25, -0.2) is 0 Å². The third-order valence-electron chi connectivity index (χ3n) is 11.2. The molecule has 0 aliphatic rings. The van der Waals surface area contributed by atoms with Crippen LogP contribution < -0.4 is 4.90 Å². The highest BCUT2D eigenvalue weighted by Crippen LogP contribution is 2.45. The van der Waals surface area contributed by atoms with Crippen LogP contribution in [0, 0.1) is 0 Å². The van der Waals surface area contributed by atoms with Crippen molar-refractivity contribution in [2.24, 2.45) is 0 Å². The number of anilines is 3. The topological polar surface area (TPSA) is 16.4 Å². The minimum atomic E-state index is 0.919. The fraction of sp³-hybridized carbons (Fsp3) is 0. The zero-order chi connectivity index (χ0) is 37.0. The highest BCUT2D eigenvalue weighted by Gasteiger charge is 2.20. The molecule has 1 heterocycles. The van der Waals surface area contributed by atoms with Gasteiger partial charge in [0.25, 0.3) is 0 Å². The molecule has 0 radical (unpaired) electrons. The number of nitrogens with zero attached hydrogens (tertiary/aromatic N) is 1. The summed E-state index contributed by atoms with van der Waals surface area (Å²) < 4.78 is 6.79. The number of hydrogen-bond donors (Lipinski definition) is 0. The molecule has 1 aromatic heterocycles. The maximum absolute atomic E-state index is 6.79. The normalized spacial score (nSPS) is 11.6. The van der Waals surface area contributed by atoms with E-state index in [0.29, 0.717) is 0 Å². The number of para-hydroxylation sites is 1. The van der Waals surface area contributed by atoms with E-state index < -0.39 is 0 Å². The predicted octanol–water partition coefficient (Wildman–Crippen LogP) is 15.5. The van der Waals surface area contributed by atoms with Crippen LogP contribution in [0.5, 0.6) is 0 Å². The zero-order valence-electron chi connectivity index (χ0n) is 30.6. The van der Waals surface area contributed by atoms with Crippen LogP contribution in [0.25, 0.3) is 87.6 Å². The summed E-state index contributed by atoms with van der Waals surface area (Å²) in [5.41, 5.74) is 12.1. The average molecular weight is 714 g/mol. The van der Waals surface area contributed by atoms with Crippen LogP contribution in [0.3, 0.4) is 0 Å². The molecule has 0 unspecified atom stereocenters. The van der Waals surface area contributed by atoms with Crippen molar-refractivity contribution in [2.45, 2.75) is 0 Å². The van der Waals surface area contributed by atoms with Gasteiger partial charge < -0.3 is 9.32 Å². The maximum atomic E-state index is 6.79. The number of fused-ring (bicyclic) bond motifs is 8. The second kappa shape index (κ2) is 13.2. The van der Waals surface area contributed by atoms with Gasteiger partial charge in [-0.3, -0.25) is 0 Å². The first kappa shape index (κ1) is 32.0. The zero-order valence-corrected chi connectivity index (χ0v) is 30.6. The van der Waals surface area contributed by atoms with E-state index in [1.807, 2.05) is 0 Å². The lowest BCUT2D eigenvalue weighted by atomic mass is 9.94. The highest BCUT2D eigenvalue weighted by atomic mass is 16.3. The molecule has 0 saturated heterocycles. The van der Waals surface area contributed by atoms with Crippen molar-refractivity contribution in [1.29, 1.82) is 0 Å². The Balaban J connectivity index is 1.10. The van der Waals surface area contributed by atoms with Crippen LogP contribution >= 0.6 is 0 Å². The molecule has 0 aliphatic heterocycles. The first-order chi connectivity index (χ1) is 27.8. The summed E-state index contributed by atoms with van der Waals surface area (Å²) in [6, 6.07) is 76.4. The highest BCUT2D eigenvalue weighted by molar-refractivity contribution is 6.21. The Kier molecular flexibility index (Phi) is 7.53. The molecule has 0 fully saturated rings. The third-order valence-corrected chi connectivity index (χ3v) is 11.2. The van der Waals surface area contributed by atoms with Crippen molar-refractivity contribution in [1.82, 2.24) is 0 Å². The van der Waals surface area contributed by atoms with E-state index in [1.54, 1.807) is 0 Å². The van der Waals surface area contributed by atoms with E-state index in [1.165, 1.54) is 43.6 Å². The average Bonchev–Trinajstić information content (AvgIpc) is 3.66. The van der Waals surface area contributed by atoms with E-state index in [0.717, 1.165) is 61.1 Å². The SMILES string of the molecule is c1ccc(-c2cccc(N(c3ccc(-c4cc5c6cccc(-c7ccccc7)c6oc5c5ccccc45)cc3)c3cc4ccccc4c4ccccc34)c2)cc1. The summed E-state index contributed by atoms with van der Waals surface area (Å²) in [4.78, 5) is 2.42. The lowest BCUT2D eigenvalue weighted by molar-refractivity contribution is 0.674. The van der Waals surface area contributed by atoms with Crippen LogP contribution in [0.2, 0.25) is 0 Å². The van der Waals surface area contributed by atoms with Gasteiger partial charge in [-0.1, -0.05) is 176 Å². The van der Waals surface area contributed by atoms with Gasteiger partial charge in [0.05, 0.1) is 5.69 Å². The molecule has 0 N–H and O–H groups in total. The van der Waals surface area contributed by atoms with E-state index in [-0.39, 0.29) is 0 Å². The summed E-state index contributed by atoms with van der Waals surface area (Å²) in [7, 11) is 0. The summed E-state index contributed by atoms with van der Waals surface area (Å²) >= 11 is 0. The monoisotopic (exact) mass is 713 g/mol. The van der Waals surface area contributed by atoms with Gasteiger partial charge in [-0.2, -0.15) is 0 Å². The number of benzene rings is 10. The van der Waals surface area contributed by atoms with Crippen LogP contribution in [0.15, 0.2) is 217 Å². The fourth-order valence-electron chi connectivity index (χ4n) is 8.60. The molecule has 0 aliphatic carbocycles. The van der Waals surface area contributed by atoms with E-state index in [4.69, 9.17) is 4.42 Å². The van der Waals surface area contributed by atoms with Gasteiger partial charge in [0.2, 0.25) is 0 Å². The van der Waals surface area contributed by atoms with Crippen LogP contribution in [-0.2, 0) is 0 Å². The van der Waals surface area contributed by atoms with Crippen molar-refractivity contribution in [3.8, 4) is 33.4 Å². The summed E-state index contributed by atoms with van der Waals surface area (Å²) in [6.45, 7) is 0. The Morgan fingerprint density at radius 2 is 0.857 bits per heavy atom. The van der Waals surface area contributed by atoms with E-state index in [9.17, 15) is 0 Å². The van der Waals surface area contributed by atoms with Gasteiger partial charge in [0.15, 0.2) is 0 Å². The van der Waals surface area contributed by atoms with E-state index in [2.05, 4.69) is 217 Å². The minimum Gasteiger partial charge on any atom is -0.455 e. The Labute approximate surface area is 325 Å². The van der Waals surface area contributed by atoms with Crippen molar-refractivity contribution >= 4 is 71.3 Å². The molecule has 0 saturated carbocycles. The van der Waals surface area contributed by atoms with Crippen LogP contribution in [-0.4, -0.2) is 0 Å². The van der Waals surface area contributed by atoms with Gasteiger partial charge in [-0.05, 0) is 85.8 Å². The predicted molar refractivity (Wildman–Crippen MR) is 237 cm³/mol. The largest absolute Gasteiger partial charge is 0.455 e. The Morgan fingerprint density at radius 1 is 0.286 bits per heavy atom. The number of furan rings is 1. The van der Waals surface area contributed by atoms with E-state index >= 15 is 0 Å². The maximum Gasteiger partial charge on any atom is 0.143 e. The van der Waals surface area contributed by atoms with Crippen molar-refractivity contribution in [2.75, 3.05) is 4.90 Å². The van der Waals surface area contributed by atoms with Gasteiger partial charge in [0.1, 0.15) is 11.2 Å². The van der Waals surface area contributed by atoms with Gasteiger partial charge >= 0.3 is 0 Å². The Morgan fingerprint density at radius 3 is 1.64 bits per heavy atom. The van der Waals surface area contributed by atoms with Crippen molar-refractivity contribution in [3.63, 3.8) is 0 Å². The van der Waals surface area contributed by atoms with Crippen LogP contribution in [0.4, 0.5) is 17.1 Å². The molecule has 262 valence electrons. The third kappa shape index (κ3) is 5.26. The van der Waals surface area contributed by atoms with Gasteiger partial charge in [0, 0.05) is 38.5 Å². The Hall–Kier alpha value is -7.42. The number of rotatable bonds is 6. The second-order valence-electron chi connectivity index (χ2n) is 14.5. The Bertz CT molecular complexity index is 3230. The molecular formula is C54H35NO. The molecule has 0 spiro atoms. The lowest BCUT2D eigenvalue weighted by Crippen LogP contribution is -2.10. The summed E-state index contributed by atoms with van der Waals surface area (Å²) in [6.07, 6.45) is 0. The minimum absolute atomic E-state index is 0.919. The fourth-order valence-corrected chi connectivity index (χ4v) is 8.60. The molecule has 2 nitrogen and oxygen atoms in total. The van der Waals surface area contributed by atoms with Gasteiger partial charge in [-0.15, -0.1) is 0 Å². The first-order valence-corrected chi connectivity index (χ1v) is 19.2. The molecule has 56 heavy (non-hydrogen) atoms. The standard InChI is InChI=1S/C54H35NO/c1-3-15-36(16-4-1)39-20-13-21-42(33-39)55(52-34-40-19-7-8-22-43(40)45-23-9-11-25-47(45)52)41-31-29-38(30-32-41)50-35-51-49-28-14-27-44(37-17-5-2-6-18-37)53(49)56-54(51)48-26-12-10-24-46(48)50/h1-35H. The van der Waals surface area contributed by atoms with Crippen molar-refractivity contribution in [3.05, 3.63) is 212 Å². The summed E-state index contributed by atoms with van der Waals surface area (Å²) in [5.74, 6) is 0. The molecule has 0 amide bonds. The molecule has 0 bridgehead atoms. The smallest absolute Gasteiger partial charge is 0.143 e. The first-order valence-electron chi connectivity index (χ1n) is 19.2. The molecule has 0 atom stereocenters. The molecule has 2 heteroatoms. The van der Waals surface area contributed by atoms with Crippen molar-refractivity contribution < 1.29 is 4.42 Å². The molecule has 11 aromatic rings. The van der Waals surface area contributed by atoms with Crippen LogP contribution in [0.1, 0.15) is 0 Å². The quantitative estimate of drug-likeness (QED) is 0.160. The summed E-state index contributed by atoms with van der Waals surface area (Å²) in [5, 5.41) is 9.44. The molecular weight excluding hydrogens is 679 g/mol. The number of hydrogen-bond acceptors (Lipinski definition) is 2. The molecule has 10 aromatic carbocycles. The molecule has 11 rings (SSSR count).